The lowest BCUT2D eigenvalue weighted by Crippen LogP contribution is -2.71. The van der Waals surface area contributed by atoms with Crippen LogP contribution in [-0.4, -0.2) is 100 Å². The molecule has 30 heteroatoms. The second-order valence-corrected chi connectivity index (χ2v) is 13.0. The van der Waals surface area contributed by atoms with E-state index in [-0.39, 0.29) is 0 Å². The first-order valence-electron chi connectivity index (χ1n) is 13.3. The number of hydrogen-bond acceptors (Lipinski definition) is 3. The summed E-state index contributed by atoms with van der Waals surface area (Å²) in [4.78, 5) is 0. The van der Waals surface area contributed by atoms with Crippen LogP contribution in [-0.2, 0) is 13.3 Å². The summed E-state index contributed by atoms with van der Waals surface area (Å²) >= 11 is 0. The molecule has 0 aliphatic carbocycles. The predicted molar refractivity (Wildman–Crippen MR) is 120 cm³/mol. The molecule has 0 aliphatic heterocycles. The molecule has 0 N–H and O–H groups in total. The van der Waals surface area contributed by atoms with Crippen molar-refractivity contribution in [3.63, 3.8) is 0 Å². The maximum absolute atomic E-state index is 15.3. The maximum Gasteiger partial charge on any atom is 0.501 e. The summed E-state index contributed by atoms with van der Waals surface area (Å²) in [5.41, 5.74) is 0. The Hall–Kier alpha value is -1.72. The highest BCUT2D eigenvalue weighted by atomic mass is 28.4. The molecule has 0 aromatic rings. The fourth-order valence-corrected chi connectivity index (χ4v) is 7.01. The first-order valence-corrected chi connectivity index (χ1v) is 15.3. The smallest absolute Gasteiger partial charge is 0.374 e. The molecule has 0 rings (SSSR count). The Balaban J connectivity index is 7.62. The summed E-state index contributed by atoms with van der Waals surface area (Å²) in [5, 5.41) is 0. The van der Waals surface area contributed by atoms with E-state index in [2.05, 4.69) is 0 Å². The lowest BCUT2D eigenvalue weighted by molar-refractivity contribution is -0.444. The van der Waals surface area contributed by atoms with Crippen LogP contribution in [0.5, 0.6) is 0 Å². The molecule has 314 valence electrons. The van der Waals surface area contributed by atoms with Gasteiger partial charge in [0.2, 0.25) is 0 Å². The van der Waals surface area contributed by atoms with Crippen LogP contribution in [0.3, 0.4) is 0 Å². The SMILES string of the molecule is CCO[Si](CC(CCC(F)(F)C(F)(F)C(F)(F)C(F)(F)C(F)(F)C(F)(F)F)C(F)(F)C(F)(F)C(F)(F)C(F)(F)C(F)(F)C(F)(F)F)(OCC)OCC. The van der Waals surface area contributed by atoms with Crippen molar-refractivity contribution in [2.75, 3.05) is 19.8 Å². The third-order valence-corrected chi connectivity index (χ3v) is 10.0. The van der Waals surface area contributed by atoms with E-state index >= 15 is 8.78 Å². The van der Waals surface area contributed by atoms with E-state index in [1.54, 1.807) is 0 Å². The highest BCUT2D eigenvalue weighted by Crippen LogP contribution is 2.64. The van der Waals surface area contributed by atoms with Crippen molar-refractivity contribution in [1.29, 1.82) is 0 Å². The molecule has 0 heterocycles. The highest BCUT2D eigenvalue weighted by Gasteiger charge is 2.92. The van der Waals surface area contributed by atoms with Gasteiger partial charge < -0.3 is 13.3 Å². The minimum absolute atomic E-state index is 0.836. The van der Waals surface area contributed by atoms with Crippen molar-refractivity contribution in [3.8, 4) is 0 Å². The molecular weight excluding hydrogens is 834 g/mol. The maximum atomic E-state index is 15.3. The second kappa shape index (κ2) is 14.7. The number of rotatable bonds is 20. The molecule has 0 saturated carbocycles. The Morgan fingerprint density at radius 3 is 0.923 bits per heavy atom. The van der Waals surface area contributed by atoms with Crippen LogP contribution in [0.25, 0.3) is 0 Å². The van der Waals surface area contributed by atoms with Crippen molar-refractivity contribution in [1.82, 2.24) is 0 Å². The Labute approximate surface area is 274 Å². The molecule has 0 aliphatic rings. The van der Waals surface area contributed by atoms with Crippen LogP contribution >= 0.6 is 0 Å². The molecule has 0 spiro atoms. The lowest BCUT2D eigenvalue weighted by Gasteiger charge is -2.43. The first-order chi connectivity index (χ1) is 22.5. The molecule has 1 unspecified atom stereocenters. The predicted octanol–water partition coefficient (Wildman–Crippen LogP) is 10.9. The van der Waals surface area contributed by atoms with Gasteiger partial charge in [0.05, 0.1) is 0 Å². The van der Waals surface area contributed by atoms with Gasteiger partial charge in [-0.25, -0.2) is 0 Å². The molecular formula is C22H22F26O3Si. The molecule has 0 aromatic carbocycles. The average molecular weight is 856 g/mol. The Morgan fingerprint density at radius 2 is 0.654 bits per heavy atom. The molecule has 0 amide bonds. The van der Waals surface area contributed by atoms with Gasteiger partial charge in [-0.15, -0.1) is 0 Å². The molecule has 3 nitrogen and oxygen atoms in total. The third kappa shape index (κ3) is 7.85. The summed E-state index contributed by atoms with van der Waals surface area (Å²) in [6.45, 7) is -0.294. The zero-order chi connectivity index (χ0) is 42.4. The zero-order valence-electron chi connectivity index (χ0n) is 25.4. The van der Waals surface area contributed by atoms with Crippen molar-refractivity contribution < 1.29 is 127 Å². The summed E-state index contributed by atoms with van der Waals surface area (Å²) < 4.78 is 369. The van der Waals surface area contributed by atoms with Crippen molar-refractivity contribution in [2.24, 2.45) is 5.92 Å². The quantitative estimate of drug-likeness (QED) is 0.0902. The summed E-state index contributed by atoms with van der Waals surface area (Å²) in [5.74, 6) is -87.3. The summed E-state index contributed by atoms with van der Waals surface area (Å²) in [7, 11) is -5.47. The van der Waals surface area contributed by atoms with Crippen LogP contribution < -0.4 is 0 Å². The van der Waals surface area contributed by atoms with Crippen LogP contribution in [0.2, 0.25) is 6.04 Å². The van der Waals surface area contributed by atoms with Crippen LogP contribution in [0.15, 0.2) is 0 Å². The van der Waals surface area contributed by atoms with E-state index in [9.17, 15) is 105 Å². The van der Waals surface area contributed by atoms with E-state index < -0.39 is 125 Å². The number of hydrogen-bond donors (Lipinski definition) is 0. The standard InChI is InChI=1S/C22H22F26O3Si/c1-4-49-52(50-5-2,51-6-3)9-10(12(25,26)14(29,30)16(33,34)18(37,38)20(41,42)22(46,47)48)7-8-11(23,24)13(27,28)15(31,32)17(35,36)19(39,40)21(43,44)45/h10H,4-9H2,1-3H3. The zero-order valence-corrected chi connectivity index (χ0v) is 26.4. The van der Waals surface area contributed by atoms with Gasteiger partial charge in [0.15, 0.2) is 0 Å². The number of halogens is 26. The average Bonchev–Trinajstić information content (AvgIpc) is 2.93. The summed E-state index contributed by atoms with van der Waals surface area (Å²) in [6.07, 6.45) is -23.1. The first kappa shape index (κ1) is 50.3. The Morgan fingerprint density at radius 1 is 0.385 bits per heavy atom. The van der Waals surface area contributed by atoms with Gasteiger partial charge in [0, 0.05) is 38.2 Å². The molecule has 52 heavy (non-hydrogen) atoms. The monoisotopic (exact) mass is 856 g/mol. The Bertz CT molecular complexity index is 1160. The largest absolute Gasteiger partial charge is 0.501 e. The third-order valence-electron chi connectivity index (χ3n) is 6.86. The second-order valence-electron chi connectivity index (χ2n) is 10.3. The highest BCUT2D eigenvalue weighted by molar-refractivity contribution is 6.60. The molecule has 0 radical (unpaired) electrons. The van der Waals surface area contributed by atoms with Crippen molar-refractivity contribution in [3.05, 3.63) is 0 Å². The topological polar surface area (TPSA) is 27.7 Å². The minimum atomic E-state index is -8.65. The van der Waals surface area contributed by atoms with Gasteiger partial charge in [0.1, 0.15) is 0 Å². The molecule has 0 saturated heterocycles. The van der Waals surface area contributed by atoms with Gasteiger partial charge in [-0.1, -0.05) is 0 Å². The fourth-order valence-electron chi connectivity index (χ4n) is 4.03. The van der Waals surface area contributed by atoms with Crippen LogP contribution in [0.4, 0.5) is 114 Å². The van der Waals surface area contributed by atoms with Crippen LogP contribution in [0, 0.1) is 5.92 Å². The van der Waals surface area contributed by atoms with Gasteiger partial charge >= 0.3 is 80.4 Å². The van der Waals surface area contributed by atoms with E-state index in [0.717, 1.165) is 20.8 Å². The van der Waals surface area contributed by atoms with Crippen LogP contribution in [0.1, 0.15) is 33.6 Å². The van der Waals surface area contributed by atoms with Gasteiger partial charge in [-0.05, 0) is 27.2 Å². The van der Waals surface area contributed by atoms with Crippen molar-refractivity contribution >= 4 is 8.80 Å². The van der Waals surface area contributed by atoms with E-state index in [1.165, 1.54) is 0 Å². The number of alkyl halides is 26. The van der Waals surface area contributed by atoms with Gasteiger partial charge in [0.25, 0.3) is 0 Å². The van der Waals surface area contributed by atoms with Gasteiger partial charge in [-0.2, -0.15) is 114 Å². The van der Waals surface area contributed by atoms with E-state index in [1.807, 2.05) is 0 Å². The Kier molecular flexibility index (Phi) is 14.2. The molecule has 0 aromatic heterocycles. The van der Waals surface area contributed by atoms with E-state index in [0.29, 0.717) is 0 Å². The minimum Gasteiger partial charge on any atom is -0.374 e. The van der Waals surface area contributed by atoms with Gasteiger partial charge in [-0.3, -0.25) is 0 Å². The lowest BCUT2D eigenvalue weighted by atomic mass is 9.84. The molecule has 0 bridgehead atoms. The normalized spacial score (nSPS) is 16.8. The molecule has 1 atom stereocenters. The summed E-state index contributed by atoms with van der Waals surface area (Å²) in [6, 6.07) is -2.57. The fraction of sp³-hybridized carbons (Fsp3) is 1.00. The van der Waals surface area contributed by atoms with E-state index in [4.69, 9.17) is 13.3 Å². The molecule has 0 fully saturated rings. The van der Waals surface area contributed by atoms with Crippen molar-refractivity contribution in [2.45, 2.75) is 111 Å².